The van der Waals surface area contributed by atoms with E-state index in [1.165, 1.54) is 6.07 Å². The van der Waals surface area contributed by atoms with Crippen LogP contribution < -0.4 is 0 Å². The zero-order valence-corrected chi connectivity index (χ0v) is 16.2. The van der Waals surface area contributed by atoms with Gasteiger partial charge in [-0.2, -0.15) is 0 Å². The molecule has 0 aliphatic carbocycles. The van der Waals surface area contributed by atoms with Crippen LogP contribution in [0.15, 0.2) is 24.3 Å². The second-order valence-electron chi connectivity index (χ2n) is 7.68. The van der Waals surface area contributed by atoms with Crippen LogP contribution in [-0.2, 0) is 20.8 Å². The minimum absolute atomic E-state index is 0.0433. The normalized spacial score (nSPS) is 21.5. The highest BCUT2D eigenvalue weighted by molar-refractivity contribution is 5.77. The summed E-state index contributed by atoms with van der Waals surface area (Å²) < 4.78 is 24.6. The molecule has 1 amide bonds. The summed E-state index contributed by atoms with van der Waals surface area (Å²) in [6, 6.07) is 6.99. The molecule has 0 spiro atoms. The van der Waals surface area contributed by atoms with Crippen LogP contribution in [0.3, 0.4) is 0 Å². The Balaban J connectivity index is 1.49. The molecule has 2 fully saturated rings. The Kier molecular flexibility index (Phi) is 7.61. The molecule has 0 unspecified atom stereocenters. The highest BCUT2D eigenvalue weighted by atomic mass is 19.1. The topological polar surface area (TPSA) is 42.0 Å². The molecule has 3 rings (SSSR count). The smallest absolute Gasteiger partial charge is 0.248 e. The first-order valence-electron chi connectivity index (χ1n) is 9.99. The number of rotatable bonds is 8. The number of methoxy groups -OCH3 is 1. The summed E-state index contributed by atoms with van der Waals surface area (Å²) in [5.74, 6) is 0.387. The lowest BCUT2D eigenvalue weighted by molar-refractivity contribution is -0.137. The Morgan fingerprint density at radius 2 is 2.04 bits per heavy atom. The average Bonchev–Trinajstić information content (AvgIpc) is 3.18. The molecule has 1 aromatic rings. The number of hydrogen-bond donors (Lipinski definition) is 0. The van der Waals surface area contributed by atoms with E-state index in [9.17, 15) is 9.18 Å². The monoisotopic (exact) mass is 378 g/mol. The fourth-order valence-electron chi connectivity index (χ4n) is 4.03. The molecule has 0 N–H and O–H groups in total. The summed E-state index contributed by atoms with van der Waals surface area (Å²) in [6.45, 7) is 4.87. The van der Waals surface area contributed by atoms with Crippen LogP contribution in [0.4, 0.5) is 4.39 Å². The Labute approximate surface area is 161 Å². The SMILES string of the molecule is COCC(=O)N(CC1CCN(Cc2ccccc2F)CC1)C[C@@H]1CCCO1. The molecule has 150 valence electrons. The van der Waals surface area contributed by atoms with E-state index in [4.69, 9.17) is 9.47 Å². The van der Waals surface area contributed by atoms with Crippen LogP contribution in [0, 0.1) is 11.7 Å². The lowest BCUT2D eigenvalue weighted by atomic mass is 9.95. The van der Waals surface area contributed by atoms with Crippen molar-refractivity contribution >= 4 is 5.91 Å². The van der Waals surface area contributed by atoms with Crippen molar-refractivity contribution in [3.63, 3.8) is 0 Å². The molecular weight excluding hydrogens is 347 g/mol. The fraction of sp³-hybridized carbons (Fsp3) is 0.667. The van der Waals surface area contributed by atoms with E-state index in [2.05, 4.69) is 4.90 Å². The van der Waals surface area contributed by atoms with Crippen LogP contribution in [-0.4, -0.2) is 68.3 Å². The molecule has 2 aliphatic heterocycles. The van der Waals surface area contributed by atoms with Gasteiger partial charge in [-0.1, -0.05) is 18.2 Å². The number of likely N-dealkylation sites (tertiary alicyclic amines) is 1. The van der Waals surface area contributed by atoms with E-state index >= 15 is 0 Å². The van der Waals surface area contributed by atoms with Crippen molar-refractivity contribution < 1.29 is 18.7 Å². The maximum atomic E-state index is 13.9. The van der Waals surface area contributed by atoms with Crippen LogP contribution in [0.1, 0.15) is 31.2 Å². The van der Waals surface area contributed by atoms with Crippen molar-refractivity contribution in [3.05, 3.63) is 35.6 Å². The standard InChI is InChI=1S/C21H31FN2O3/c1-26-16-21(25)24(15-19-6-4-12-27-19)13-17-8-10-23(11-9-17)14-18-5-2-3-7-20(18)22/h2-3,5,7,17,19H,4,6,8-16H2,1H3/t19-/m0/s1. The highest BCUT2D eigenvalue weighted by Gasteiger charge is 2.27. The molecule has 0 bridgehead atoms. The van der Waals surface area contributed by atoms with Crippen molar-refractivity contribution in [2.75, 3.05) is 46.5 Å². The van der Waals surface area contributed by atoms with E-state index in [1.807, 2.05) is 17.0 Å². The Bertz CT molecular complexity index is 599. The number of hydrogen-bond acceptors (Lipinski definition) is 4. The molecule has 2 saturated heterocycles. The lowest BCUT2D eigenvalue weighted by Gasteiger charge is -2.35. The van der Waals surface area contributed by atoms with E-state index in [0.29, 0.717) is 19.0 Å². The molecule has 27 heavy (non-hydrogen) atoms. The number of halogens is 1. The summed E-state index contributed by atoms with van der Waals surface area (Å²) in [5, 5.41) is 0. The number of amides is 1. The third-order valence-electron chi connectivity index (χ3n) is 5.61. The predicted octanol–water partition coefficient (Wildman–Crippen LogP) is 2.69. The van der Waals surface area contributed by atoms with Crippen LogP contribution in [0.25, 0.3) is 0 Å². The van der Waals surface area contributed by atoms with Crippen LogP contribution in [0.2, 0.25) is 0 Å². The van der Waals surface area contributed by atoms with E-state index in [1.54, 1.807) is 13.2 Å². The number of carbonyl (C=O) groups is 1. The van der Waals surface area contributed by atoms with Crippen LogP contribution in [0.5, 0.6) is 0 Å². The third-order valence-corrected chi connectivity index (χ3v) is 5.61. The van der Waals surface area contributed by atoms with Gasteiger partial charge in [0, 0.05) is 38.9 Å². The van der Waals surface area contributed by atoms with Crippen molar-refractivity contribution in [3.8, 4) is 0 Å². The Morgan fingerprint density at radius 3 is 2.70 bits per heavy atom. The van der Waals surface area contributed by atoms with E-state index in [0.717, 1.165) is 57.5 Å². The second-order valence-corrected chi connectivity index (χ2v) is 7.68. The number of ether oxygens (including phenoxy) is 2. The molecular formula is C21H31FN2O3. The lowest BCUT2D eigenvalue weighted by Crippen LogP contribution is -2.44. The van der Waals surface area contributed by atoms with Gasteiger partial charge in [0.05, 0.1) is 6.10 Å². The molecule has 0 saturated carbocycles. The van der Waals surface area contributed by atoms with Gasteiger partial charge in [0.1, 0.15) is 12.4 Å². The van der Waals surface area contributed by atoms with Gasteiger partial charge in [0.25, 0.3) is 0 Å². The minimum atomic E-state index is -0.132. The molecule has 2 heterocycles. The van der Waals surface area contributed by atoms with Gasteiger partial charge in [-0.25, -0.2) is 4.39 Å². The third kappa shape index (κ3) is 5.99. The maximum Gasteiger partial charge on any atom is 0.248 e. The van der Waals surface area contributed by atoms with E-state index in [-0.39, 0.29) is 24.4 Å². The van der Waals surface area contributed by atoms with Crippen LogP contribution >= 0.6 is 0 Å². The summed E-state index contributed by atoms with van der Waals surface area (Å²) in [5.41, 5.74) is 0.756. The highest BCUT2D eigenvalue weighted by Crippen LogP contribution is 2.22. The Morgan fingerprint density at radius 1 is 1.26 bits per heavy atom. The van der Waals surface area contributed by atoms with E-state index < -0.39 is 0 Å². The summed E-state index contributed by atoms with van der Waals surface area (Å²) in [4.78, 5) is 16.7. The first kappa shape index (κ1) is 20.2. The van der Waals surface area contributed by atoms with Gasteiger partial charge < -0.3 is 14.4 Å². The Hall–Kier alpha value is -1.50. The molecule has 0 aromatic heterocycles. The largest absolute Gasteiger partial charge is 0.376 e. The predicted molar refractivity (Wildman–Crippen MR) is 102 cm³/mol. The second kappa shape index (κ2) is 10.2. The number of carbonyl (C=O) groups excluding carboxylic acids is 1. The van der Waals surface area contributed by atoms with Gasteiger partial charge in [-0.3, -0.25) is 9.69 Å². The quantitative estimate of drug-likeness (QED) is 0.698. The molecule has 1 atom stereocenters. The summed E-state index contributed by atoms with van der Waals surface area (Å²) in [6.07, 6.45) is 4.31. The molecule has 5 nitrogen and oxygen atoms in total. The zero-order chi connectivity index (χ0) is 19.1. The average molecular weight is 378 g/mol. The van der Waals surface area contributed by atoms with Crippen molar-refractivity contribution in [2.45, 2.75) is 38.3 Å². The molecule has 0 radical (unpaired) electrons. The molecule has 6 heteroatoms. The maximum absolute atomic E-state index is 13.9. The summed E-state index contributed by atoms with van der Waals surface area (Å²) in [7, 11) is 1.56. The number of piperidine rings is 1. The number of nitrogens with zero attached hydrogens (tertiary/aromatic N) is 2. The number of benzene rings is 1. The molecule has 2 aliphatic rings. The minimum Gasteiger partial charge on any atom is -0.376 e. The van der Waals surface area contributed by atoms with Gasteiger partial charge >= 0.3 is 0 Å². The van der Waals surface area contributed by atoms with Crippen molar-refractivity contribution in [1.82, 2.24) is 9.80 Å². The first-order chi connectivity index (χ1) is 13.2. The fourth-order valence-corrected chi connectivity index (χ4v) is 4.03. The molecule has 1 aromatic carbocycles. The van der Waals surface area contributed by atoms with Crippen molar-refractivity contribution in [1.29, 1.82) is 0 Å². The summed E-state index contributed by atoms with van der Waals surface area (Å²) >= 11 is 0. The van der Waals surface area contributed by atoms with Gasteiger partial charge in [-0.05, 0) is 50.8 Å². The van der Waals surface area contributed by atoms with Gasteiger partial charge in [-0.15, -0.1) is 0 Å². The van der Waals surface area contributed by atoms with Gasteiger partial charge in [0.15, 0.2) is 0 Å². The first-order valence-corrected chi connectivity index (χ1v) is 9.99. The van der Waals surface area contributed by atoms with Gasteiger partial charge in [0.2, 0.25) is 5.91 Å². The van der Waals surface area contributed by atoms with Crippen molar-refractivity contribution in [2.24, 2.45) is 5.92 Å². The zero-order valence-electron chi connectivity index (χ0n) is 16.2.